The van der Waals surface area contributed by atoms with Crippen molar-refractivity contribution in [1.82, 2.24) is 4.90 Å². The summed E-state index contributed by atoms with van der Waals surface area (Å²) in [4.78, 5) is 24.4. The number of hydrogen-bond donors (Lipinski definition) is 1. The Labute approximate surface area is 142 Å². The smallest absolute Gasteiger partial charge is 0.411 e. The van der Waals surface area contributed by atoms with Crippen molar-refractivity contribution < 1.29 is 37.3 Å². The first-order valence-corrected chi connectivity index (χ1v) is 7.51. The summed E-state index contributed by atoms with van der Waals surface area (Å²) in [7, 11) is 0. The zero-order chi connectivity index (χ0) is 18.9. The molecule has 1 N–H and O–H groups in total. The maximum atomic E-state index is 13.7. The Kier molecular flexibility index (Phi) is 5.15. The molecule has 0 spiro atoms. The Bertz CT molecular complexity index is 666. The maximum Gasteiger partial charge on any atom is 0.411 e. The molecule has 25 heavy (non-hydrogen) atoms. The highest BCUT2D eigenvalue weighted by molar-refractivity contribution is 5.81. The molecule has 1 saturated heterocycles. The number of carbonyl (C=O) groups is 2. The predicted molar refractivity (Wildman–Crippen MR) is 79.7 cm³/mol. The van der Waals surface area contributed by atoms with E-state index in [2.05, 4.69) is 0 Å². The summed E-state index contributed by atoms with van der Waals surface area (Å²) in [5.74, 6) is -5.72. The van der Waals surface area contributed by atoms with Crippen LogP contribution in [0.25, 0.3) is 0 Å². The van der Waals surface area contributed by atoms with E-state index in [-0.39, 0.29) is 13.0 Å². The van der Waals surface area contributed by atoms with Gasteiger partial charge in [0.2, 0.25) is 0 Å². The molecule has 6 nitrogen and oxygen atoms in total. The first kappa shape index (κ1) is 18.9. The number of amides is 1. The van der Waals surface area contributed by atoms with Gasteiger partial charge in [-0.3, -0.25) is 4.90 Å². The van der Waals surface area contributed by atoms with Gasteiger partial charge in [0, 0.05) is 18.6 Å². The van der Waals surface area contributed by atoms with E-state index < -0.39 is 53.0 Å². The molecule has 0 radical (unpaired) electrons. The van der Waals surface area contributed by atoms with Gasteiger partial charge in [-0.05, 0) is 20.8 Å². The third kappa shape index (κ3) is 4.55. The Morgan fingerprint density at radius 2 is 1.76 bits per heavy atom. The van der Waals surface area contributed by atoms with Gasteiger partial charge in [0.25, 0.3) is 0 Å². The lowest BCUT2D eigenvalue weighted by Crippen LogP contribution is -2.43. The quantitative estimate of drug-likeness (QED) is 0.896. The number of benzene rings is 1. The summed E-state index contributed by atoms with van der Waals surface area (Å²) in [6.07, 6.45) is -2.04. The van der Waals surface area contributed by atoms with Crippen LogP contribution in [-0.2, 0) is 9.53 Å². The zero-order valence-electron chi connectivity index (χ0n) is 13.9. The van der Waals surface area contributed by atoms with Crippen LogP contribution in [0.3, 0.4) is 0 Å². The average Bonchev–Trinajstić information content (AvgIpc) is 2.85. The molecular formula is C16H18F3NO5. The van der Waals surface area contributed by atoms with Crippen LogP contribution in [0.4, 0.5) is 18.0 Å². The minimum Gasteiger partial charge on any atom is -0.482 e. The standard InChI is InChI=1S/C16H18F3NO5/c1-16(2,3)25-15(23)20-7-9(6-12(20)14(21)22)24-13-10(18)4-8(17)5-11(13)19/h4-5,9,12H,6-7H2,1-3H3,(H,21,22)/t9-,12-/m0/s1. The van der Waals surface area contributed by atoms with Gasteiger partial charge in [0.1, 0.15) is 23.6 Å². The van der Waals surface area contributed by atoms with Crippen LogP contribution in [0.2, 0.25) is 0 Å². The molecule has 9 heteroatoms. The van der Waals surface area contributed by atoms with E-state index in [4.69, 9.17) is 9.47 Å². The molecule has 1 aliphatic rings. The minimum absolute atomic E-state index is 0.190. The summed E-state index contributed by atoms with van der Waals surface area (Å²) in [6, 6.07) is -0.354. The molecule has 138 valence electrons. The van der Waals surface area contributed by atoms with Gasteiger partial charge in [-0.2, -0.15) is 0 Å². The van der Waals surface area contributed by atoms with Crippen molar-refractivity contribution in [2.24, 2.45) is 0 Å². The number of likely N-dealkylation sites (tertiary alicyclic amines) is 1. The Balaban J connectivity index is 2.17. The van der Waals surface area contributed by atoms with E-state index in [9.17, 15) is 27.9 Å². The van der Waals surface area contributed by atoms with Crippen LogP contribution in [0.15, 0.2) is 12.1 Å². The SMILES string of the molecule is CC(C)(C)OC(=O)N1C[C@@H](Oc2c(F)cc(F)cc2F)C[C@H]1C(=O)O. The van der Waals surface area contributed by atoms with Gasteiger partial charge in [0.15, 0.2) is 17.4 Å². The van der Waals surface area contributed by atoms with Crippen molar-refractivity contribution in [3.63, 3.8) is 0 Å². The molecule has 0 saturated carbocycles. The van der Waals surface area contributed by atoms with E-state index in [1.807, 2.05) is 0 Å². The molecule has 1 fully saturated rings. The van der Waals surface area contributed by atoms with Gasteiger partial charge in [-0.1, -0.05) is 0 Å². The number of carboxylic acids is 1. The lowest BCUT2D eigenvalue weighted by atomic mass is 10.2. The summed E-state index contributed by atoms with van der Waals surface area (Å²) < 4.78 is 50.6. The van der Waals surface area contributed by atoms with Crippen molar-refractivity contribution in [3.8, 4) is 5.75 Å². The monoisotopic (exact) mass is 361 g/mol. The fourth-order valence-electron chi connectivity index (χ4n) is 2.45. The molecule has 0 aromatic heterocycles. The van der Waals surface area contributed by atoms with Crippen LogP contribution in [0.1, 0.15) is 27.2 Å². The largest absolute Gasteiger partial charge is 0.482 e. The number of aliphatic carboxylic acids is 1. The molecule has 0 bridgehead atoms. The van der Waals surface area contributed by atoms with Crippen molar-refractivity contribution in [2.45, 2.75) is 44.9 Å². The molecule has 1 aromatic rings. The van der Waals surface area contributed by atoms with E-state index in [0.29, 0.717) is 12.1 Å². The van der Waals surface area contributed by atoms with E-state index in [1.165, 1.54) is 0 Å². The summed E-state index contributed by atoms with van der Waals surface area (Å²) in [5, 5.41) is 9.26. The van der Waals surface area contributed by atoms with Gasteiger partial charge in [-0.25, -0.2) is 22.8 Å². The summed E-state index contributed by atoms with van der Waals surface area (Å²) in [5.41, 5.74) is -0.839. The van der Waals surface area contributed by atoms with Crippen LogP contribution in [0, 0.1) is 17.5 Å². The number of carbonyl (C=O) groups excluding carboxylic acids is 1. The van der Waals surface area contributed by atoms with Gasteiger partial charge < -0.3 is 14.6 Å². The number of rotatable bonds is 3. The van der Waals surface area contributed by atoms with Crippen LogP contribution in [0.5, 0.6) is 5.75 Å². The molecule has 1 aliphatic heterocycles. The number of halogens is 3. The number of nitrogens with zero attached hydrogens (tertiary/aromatic N) is 1. The summed E-state index contributed by atoms with van der Waals surface area (Å²) in [6.45, 7) is 4.62. The minimum atomic E-state index is -1.29. The van der Waals surface area contributed by atoms with Crippen molar-refractivity contribution in [3.05, 3.63) is 29.6 Å². The third-order valence-electron chi connectivity index (χ3n) is 3.42. The highest BCUT2D eigenvalue weighted by atomic mass is 19.1. The second-order valence-corrected chi connectivity index (χ2v) is 6.66. The first-order chi connectivity index (χ1) is 11.5. The Hall–Kier alpha value is -2.45. The molecule has 2 atom stereocenters. The van der Waals surface area contributed by atoms with E-state index >= 15 is 0 Å². The Morgan fingerprint density at radius 3 is 2.24 bits per heavy atom. The van der Waals surface area contributed by atoms with Gasteiger partial charge >= 0.3 is 12.1 Å². The van der Waals surface area contributed by atoms with Gasteiger partial charge in [-0.15, -0.1) is 0 Å². The molecule has 1 aromatic carbocycles. The average molecular weight is 361 g/mol. The zero-order valence-corrected chi connectivity index (χ0v) is 13.9. The van der Waals surface area contributed by atoms with E-state index in [1.54, 1.807) is 20.8 Å². The topological polar surface area (TPSA) is 76.1 Å². The normalized spacial score (nSPS) is 20.5. The highest BCUT2D eigenvalue weighted by Crippen LogP contribution is 2.29. The number of hydrogen-bond acceptors (Lipinski definition) is 4. The third-order valence-corrected chi connectivity index (χ3v) is 3.42. The molecular weight excluding hydrogens is 343 g/mol. The van der Waals surface area contributed by atoms with Crippen LogP contribution >= 0.6 is 0 Å². The Morgan fingerprint density at radius 1 is 1.20 bits per heavy atom. The van der Waals surface area contributed by atoms with Crippen molar-refractivity contribution in [2.75, 3.05) is 6.54 Å². The molecule has 0 aliphatic carbocycles. The van der Waals surface area contributed by atoms with Crippen molar-refractivity contribution in [1.29, 1.82) is 0 Å². The first-order valence-electron chi connectivity index (χ1n) is 7.51. The van der Waals surface area contributed by atoms with Crippen molar-refractivity contribution >= 4 is 12.1 Å². The number of ether oxygens (including phenoxy) is 2. The second-order valence-electron chi connectivity index (χ2n) is 6.66. The highest BCUT2D eigenvalue weighted by Gasteiger charge is 2.43. The molecule has 1 heterocycles. The fourth-order valence-corrected chi connectivity index (χ4v) is 2.45. The van der Waals surface area contributed by atoms with Crippen LogP contribution < -0.4 is 4.74 Å². The summed E-state index contributed by atoms with van der Waals surface area (Å²) >= 11 is 0. The molecule has 2 rings (SSSR count). The fraction of sp³-hybridized carbons (Fsp3) is 0.500. The maximum absolute atomic E-state index is 13.7. The van der Waals surface area contributed by atoms with E-state index in [0.717, 1.165) is 4.90 Å². The lowest BCUT2D eigenvalue weighted by molar-refractivity contribution is -0.142. The van der Waals surface area contributed by atoms with Crippen LogP contribution in [-0.4, -0.2) is 46.4 Å². The second kappa shape index (κ2) is 6.81. The lowest BCUT2D eigenvalue weighted by Gasteiger charge is -2.26. The predicted octanol–water partition coefficient (Wildman–Crippen LogP) is 2.95. The molecule has 1 amide bonds. The van der Waals surface area contributed by atoms with Gasteiger partial charge in [0.05, 0.1) is 6.54 Å². The molecule has 0 unspecified atom stereocenters. The number of carboxylic acid groups (broad SMARTS) is 1.